The molecule has 0 unspecified atom stereocenters. The Kier molecular flexibility index (Phi) is 5.57. The Morgan fingerprint density at radius 2 is 1.90 bits per heavy atom. The molecule has 0 aliphatic heterocycles. The Morgan fingerprint density at radius 1 is 1.10 bits per heavy atom. The van der Waals surface area contributed by atoms with Crippen LogP contribution in [0, 0.1) is 0 Å². The lowest BCUT2D eigenvalue weighted by Gasteiger charge is -2.09. The van der Waals surface area contributed by atoms with Crippen LogP contribution in [0.5, 0.6) is 0 Å². The minimum absolute atomic E-state index is 0.0339. The monoisotopic (exact) mass is 434 g/mol. The fourth-order valence-electron chi connectivity index (χ4n) is 3.94. The number of ether oxygens (including phenoxy) is 1. The summed E-state index contributed by atoms with van der Waals surface area (Å²) in [7, 11) is 1.90. The molecule has 0 atom stereocenters. The van der Waals surface area contributed by atoms with Gasteiger partial charge in [0.25, 0.3) is 0 Å². The quantitative estimate of drug-likeness (QED) is 0.272. The first-order valence-corrected chi connectivity index (χ1v) is 10.3. The number of hydrogen-bond acceptors (Lipinski definition) is 3. The van der Waals surface area contributed by atoms with Gasteiger partial charge in [0.2, 0.25) is 0 Å². The minimum Gasteiger partial charge on any atom is -0.462 e. The number of fused-ring (bicyclic) bond motifs is 2. The van der Waals surface area contributed by atoms with E-state index in [2.05, 4.69) is 23.2 Å². The summed E-state index contributed by atoms with van der Waals surface area (Å²) >= 11 is 6.26. The van der Waals surface area contributed by atoms with Gasteiger partial charge in [0, 0.05) is 23.0 Å². The Labute approximate surface area is 185 Å². The Hall–Kier alpha value is -3.51. The molecule has 4 N–H and O–H groups in total. The smallest absolute Gasteiger partial charge is 0.340 e. The fraction of sp³-hybridized carbons (Fsp3) is 0.167. The predicted molar refractivity (Wildman–Crippen MR) is 126 cm³/mol. The molecule has 1 aromatic heterocycles. The molecule has 0 bridgehead atoms. The van der Waals surface area contributed by atoms with Crippen LogP contribution in [0.15, 0.2) is 59.6 Å². The molecule has 0 fully saturated rings. The van der Waals surface area contributed by atoms with E-state index < -0.39 is 5.97 Å². The van der Waals surface area contributed by atoms with Crippen LogP contribution in [0.4, 0.5) is 0 Å². The van der Waals surface area contributed by atoms with Crippen molar-refractivity contribution in [1.29, 1.82) is 0 Å². The molecule has 0 amide bonds. The van der Waals surface area contributed by atoms with Crippen LogP contribution in [0.2, 0.25) is 5.02 Å². The summed E-state index contributed by atoms with van der Waals surface area (Å²) in [6.45, 7) is 2.25. The zero-order valence-electron chi connectivity index (χ0n) is 17.4. The van der Waals surface area contributed by atoms with E-state index >= 15 is 0 Å². The first kappa shape index (κ1) is 20.8. The van der Waals surface area contributed by atoms with Gasteiger partial charge in [0.1, 0.15) is 0 Å². The lowest BCUT2D eigenvalue weighted by atomic mass is 9.97. The van der Waals surface area contributed by atoms with Crippen molar-refractivity contribution >= 4 is 45.2 Å². The van der Waals surface area contributed by atoms with Gasteiger partial charge in [-0.05, 0) is 47.0 Å². The van der Waals surface area contributed by atoms with Crippen molar-refractivity contribution in [1.82, 2.24) is 4.57 Å². The summed E-state index contributed by atoms with van der Waals surface area (Å²) in [5, 5.41) is 3.65. The van der Waals surface area contributed by atoms with Crippen molar-refractivity contribution in [3.8, 4) is 11.1 Å². The van der Waals surface area contributed by atoms with Crippen molar-refractivity contribution < 1.29 is 9.53 Å². The van der Waals surface area contributed by atoms with Gasteiger partial charge in [-0.1, -0.05) is 48.0 Å². The van der Waals surface area contributed by atoms with Gasteiger partial charge in [-0.25, -0.2) is 9.79 Å². The number of aromatic nitrogens is 1. The number of nitrogens with two attached hydrogens (primary N) is 2. The van der Waals surface area contributed by atoms with Crippen molar-refractivity contribution in [3.63, 3.8) is 0 Å². The van der Waals surface area contributed by atoms with E-state index in [0.29, 0.717) is 16.3 Å². The van der Waals surface area contributed by atoms with Crippen molar-refractivity contribution in [2.45, 2.75) is 13.5 Å². The summed E-state index contributed by atoms with van der Waals surface area (Å²) in [5.74, 6) is -0.424. The minimum atomic E-state index is -0.390. The third kappa shape index (κ3) is 3.82. The standard InChI is InChI=1S/C24H23ClN4O2/c1-3-31-23(30)22-18-10-8-15(11-20(18)29(2)21(22)13-28-24(26)27)17-6-4-5-14-7-9-16(25)12-19(14)17/h4-12H,3,13H2,1-2H3,(H4,26,27,28). The average molecular weight is 435 g/mol. The number of benzene rings is 3. The number of carbonyl (C=O) groups excluding carboxylic acids is 1. The molecule has 0 saturated heterocycles. The number of esters is 1. The summed E-state index contributed by atoms with van der Waals surface area (Å²) in [5.41, 5.74) is 15.2. The largest absolute Gasteiger partial charge is 0.462 e. The van der Waals surface area contributed by atoms with Gasteiger partial charge in [-0.15, -0.1) is 0 Å². The molecule has 0 aliphatic carbocycles. The zero-order valence-corrected chi connectivity index (χ0v) is 18.1. The molecule has 1 heterocycles. The van der Waals surface area contributed by atoms with E-state index in [-0.39, 0.29) is 19.1 Å². The number of aliphatic imine (C=N–C) groups is 1. The van der Waals surface area contributed by atoms with Gasteiger partial charge in [0.15, 0.2) is 5.96 Å². The maximum Gasteiger partial charge on any atom is 0.340 e. The first-order chi connectivity index (χ1) is 14.9. The van der Waals surface area contributed by atoms with Crippen LogP contribution in [0.1, 0.15) is 23.0 Å². The summed E-state index contributed by atoms with van der Waals surface area (Å²) in [6.07, 6.45) is 0. The number of rotatable bonds is 5. The molecule has 7 heteroatoms. The second-order valence-corrected chi connectivity index (χ2v) is 7.68. The van der Waals surface area contributed by atoms with E-state index in [1.807, 2.05) is 48.0 Å². The first-order valence-electron chi connectivity index (χ1n) is 9.93. The molecule has 3 aromatic carbocycles. The van der Waals surface area contributed by atoms with Crippen molar-refractivity contribution in [2.75, 3.05) is 6.61 Å². The molecule has 4 aromatic rings. The Balaban J connectivity index is 1.94. The van der Waals surface area contributed by atoms with Crippen LogP contribution in [-0.2, 0) is 18.3 Å². The molecule has 0 spiro atoms. The maximum absolute atomic E-state index is 12.7. The summed E-state index contributed by atoms with van der Waals surface area (Å²) in [6, 6.07) is 18.0. The van der Waals surface area contributed by atoms with E-state index in [4.69, 9.17) is 27.8 Å². The van der Waals surface area contributed by atoms with Gasteiger partial charge >= 0.3 is 5.97 Å². The molecule has 4 rings (SSSR count). The van der Waals surface area contributed by atoms with Gasteiger partial charge in [0.05, 0.1) is 24.4 Å². The van der Waals surface area contributed by atoms with Crippen LogP contribution in [0.3, 0.4) is 0 Å². The van der Waals surface area contributed by atoms with Gasteiger partial charge in [-0.3, -0.25) is 0 Å². The highest BCUT2D eigenvalue weighted by atomic mass is 35.5. The van der Waals surface area contributed by atoms with E-state index in [1.54, 1.807) is 6.92 Å². The summed E-state index contributed by atoms with van der Waals surface area (Å²) in [4.78, 5) is 16.9. The predicted octanol–water partition coefficient (Wildman–Crippen LogP) is 4.60. The van der Waals surface area contributed by atoms with E-state index in [0.717, 1.165) is 32.8 Å². The molecule has 6 nitrogen and oxygen atoms in total. The topological polar surface area (TPSA) is 95.6 Å². The van der Waals surface area contributed by atoms with Crippen LogP contribution in [-0.4, -0.2) is 23.1 Å². The second kappa shape index (κ2) is 8.32. The number of nitrogens with zero attached hydrogens (tertiary/aromatic N) is 2. The van der Waals surface area contributed by atoms with Gasteiger partial charge < -0.3 is 20.8 Å². The third-order valence-corrected chi connectivity index (χ3v) is 5.60. The average Bonchev–Trinajstić information content (AvgIpc) is 3.03. The maximum atomic E-state index is 12.7. The normalized spacial score (nSPS) is 11.1. The highest BCUT2D eigenvalue weighted by Gasteiger charge is 2.22. The molecule has 31 heavy (non-hydrogen) atoms. The fourth-order valence-corrected chi connectivity index (χ4v) is 4.11. The van der Waals surface area contributed by atoms with Gasteiger partial charge in [-0.2, -0.15) is 0 Å². The van der Waals surface area contributed by atoms with Crippen molar-refractivity contribution in [3.05, 3.63) is 70.9 Å². The van der Waals surface area contributed by atoms with Crippen molar-refractivity contribution in [2.24, 2.45) is 23.5 Å². The highest BCUT2D eigenvalue weighted by Crippen LogP contribution is 2.35. The van der Waals surface area contributed by atoms with Crippen LogP contribution >= 0.6 is 11.6 Å². The van der Waals surface area contributed by atoms with Crippen LogP contribution < -0.4 is 11.5 Å². The number of halogens is 1. The van der Waals surface area contributed by atoms with E-state index in [9.17, 15) is 4.79 Å². The molecule has 0 aliphatic rings. The highest BCUT2D eigenvalue weighted by molar-refractivity contribution is 6.31. The third-order valence-electron chi connectivity index (χ3n) is 5.37. The molecule has 158 valence electrons. The Bertz CT molecular complexity index is 1340. The zero-order chi connectivity index (χ0) is 22.1. The lowest BCUT2D eigenvalue weighted by Crippen LogP contribution is -2.23. The molecular formula is C24H23ClN4O2. The van der Waals surface area contributed by atoms with Crippen LogP contribution in [0.25, 0.3) is 32.8 Å². The number of carbonyl (C=O) groups is 1. The Morgan fingerprint density at radius 3 is 2.65 bits per heavy atom. The summed E-state index contributed by atoms with van der Waals surface area (Å²) < 4.78 is 7.24. The van der Waals surface area contributed by atoms with E-state index in [1.165, 1.54) is 0 Å². The molecular weight excluding hydrogens is 412 g/mol. The lowest BCUT2D eigenvalue weighted by molar-refractivity contribution is 0.0527. The molecule has 0 saturated carbocycles. The number of guanidine groups is 1. The number of hydrogen-bond donors (Lipinski definition) is 2. The number of aryl methyl sites for hydroxylation is 1. The molecule has 0 radical (unpaired) electrons. The SMILES string of the molecule is CCOC(=O)c1c(CN=C(N)N)n(C)c2cc(-c3cccc4ccc(Cl)cc34)ccc12. The second-order valence-electron chi connectivity index (χ2n) is 7.25.